The first-order chi connectivity index (χ1) is 9.35. The van der Waals surface area contributed by atoms with Crippen LogP contribution < -0.4 is 11.1 Å². The Labute approximate surface area is 121 Å². The van der Waals surface area contributed by atoms with Crippen LogP contribution in [0.3, 0.4) is 0 Å². The molecule has 0 radical (unpaired) electrons. The number of nitrogens with zero attached hydrogens (tertiary/aromatic N) is 1. The Morgan fingerprint density at radius 2 is 1.95 bits per heavy atom. The van der Waals surface area contributed by atoms with E-state index in [1.165, 1.54) is 5.39 Å². The molecule has 0 amide bonds. The van der Waals surface area contributed by atoms with Crippen LogP contribution in [-0.4, -0.2) is 17.6 Å². The summed E-state index contributed by atoms with van der Waals surface area (Å²) in [5.74, 6) is 0.938. The van der Waals surface area contributed by atoms with Crippen molar-refractivity contribution < 1.29 is 0 Å². The molecule has 1 atom stereocenters. The number of pyridine rings is 1. The molecule has 0 bridgehead atoms. The Morgan fingerprint density at radius 1 is 1.25 bits per heavy atom. The number of nitrogens with two attached hydrogens (primary N) is 1. The zero-order valence-corrected chi connectivity index (χ0v) is 12.9. The van der Waals surface area contributed by atoms with Crippen molar-refractivity contribution >= 4 is 16.7 Å². The number of fused-ring (bicyclic) bond motifs is 1. The van der Waals surface area contributed by atoms with Crippen LogP contribution in [0.5, 0.6) is 0 Å². The van der Waals surface area contributed by atoms with E-state index >= 15 is 0 Å². The number of aromatic nitrogens is 1. The van der Waals surface area contributed by atoms with Gasteiger partial charge in [-0.05, 0) is 36.5 Å². The summed E-state index contributed by atoms with van der Waals surface area (Å²) in [5.41, 5.74) is 8.61. The third kappa shape index (κ3) is 3.94. The molecule has 0 aliphatic heterocycles. The monoisotopic (exact) mass is 271 g/mol. The molecule has 20 heavy (non-hydrogen) atoms. The van der Waals surface area contributed by atoms with Gasteiger partial charge >= 0.3 is 0 Å². The second kappa shape index (κ2) is 5.80. The summed E-state index contributed by atoms with van der Waals surface area (Å²) in [6, 6.07) is 10.5. The first kappa shape index (κ1) is 14.8. The van der Waals surface area contributed by atoms with Crippen molar-refractivity contribution in [2.45, 2.75) is 40.2 Å². The van der Waals surface area contributed by atoms with E-state index in [2.05, 4.69) is 50.1 Å². The molecular weight excluding hydrogens is 246 g/mol. The van der Waals surface area contributed by atoms with Crippen molar-refractivity contribution in [3.8, 4) is 0 Å². The molecule has 0 fully saturated rings. The lowest BCUT2D eigenvalue weighted by Gasteiger charge is -2.23. The molecule has 2 rings (SSSR count). The van der Waals surface area contributed by atoms with Gasteiger partial charge in [0, 0.05) is 18.0 Å². The Kier molecular flexibility index (Phi) is 4.29. The molecular formula is C17H25N3. The summed E-state index contributed by atoms with van der Waals surface area (Å²) in [6.45, 7) is 9.48. The number of hydrogen-bond donors (Lipinski definition) is 2. The predicted molar refractivity (Wildman–Crippen MR) is 87.0 cm³/mol. The van der Waals surface area contributed by atoms with E-state index in [-0.39, 0.29) is 11.5 Å². The summed E-state index contributed by atoms with van der Waals surface area (Å²) >= 11 is 0. The zero-order valence-electron chi connectivity index (χ0n) is 12.9. The highest BCUT2D eigenvalue weighted by atomic mass is 15.0. The van der Waals surface area contributed by atoms with Crippen LogP contribution in [0.25, 0.3) is 10.9 Å². The van der Waals surface area contributed by atoms with Gasteiger partial charge in [0.05, 0.1) is 5.52 Å². The van der Waals surface area contributed by atoms with Crippen LogP contribution in [0, 0.1) is 12.3 Å². The van der Waals surface area contributed by atoms with Gasteiger partial charge in [0.2, 0.25) is 0 Å². The normalized spacial score (nSPS) is 13.4. The minimum atomic E-state index is 0.141. The number of nitrogens with one attached hydrogen (secondary N) is 1. The van der Waals surface area contributed by atoms with E-state index in [0.29, 0.717) is 0 Å². The Balaban J connectivity index is 2.08. The van der Waals surface area contributed by atoms with E-state index in [4.69, 9.17) is 5.73 Å². The molecule has 0 saturated carbocycles. The van der Waals surface area contributed by atoms with Crippen LogP contribution in [0.4, 0.5) is 5.82 Å². The van der Waals surface area contributed by atoms with Crippen LogP contribution >= 0.6 is 0 Å². The van der Waals surface area contributed by atoms with Gasteiger partial charge in [-0.25, -0.2) is 4.98 Å². The highest BCUT2D eigenvalue weighted by Crippen LogP contribution is 2.22. The molecule has 1 unspecified atom stereocenters. The largest absolute Gasteiger partial charge is 0.368 e. The number of benzene rings is 1. The van der Waals surface area contributed by atoms with E-state index in [1.54, 1.807) is 0 Å². The maximum atomic E-state index is 6.18. The van der Waals surface area contributed by atoms with Crippen molar-refractivity contribution in [1.29, 1.82) is 0 Å². The molecule has 0 aliphatic carbocycles. The average Bonchev–Trinajstić information content (AvgIpc) is 2.34. The van der Waals surface area contributed by atoms with Crippen LogP contribution in [0.1, 0.15) is 32.8 Å². The highest BCUT2D eigenvalue weighted by Gasteiger charge is 2.15. The third-order valence-electron chi connectivity index (χ3n) is 3.32. The standard InChI is InChI=1S/C17H25N3/c1-12-9-13-7-5-6-8-15(13)20-16(12)19-11-14(18)10-17(2,3)4/h5-9,14H,10-11,18H2,1-4H3,(H,19,20). The third-order valence-corrected chi connectivity index (χ3v) is 3.32. The van der Waals surface area contributed by atoms with Crippen molar-refractivity contribution in [3.05, 3.63) is 35.9 Å². The molecule has 3 nitrogen and oxygen atoms in total. The van der Waals surface area contributed by atoms with Crippen molar-refractivity contribution in [2.24, 2.45) is 11.1 Å². The van der Waals surface area contributed by atoms with E-state index < -0.39 is 0 Å². The lowest BCUT2D eigenvalue weighted by atomic mass is 9.88. The molecule has 1 aromatic carbocycles. The number of hydrogen-bond acceptors (Lipinski definition) is 3. The summed E-state index contributed by atoms with van der Waals surface area (Å²) in [5, 5.41) is 4.57. The Morgan fingerprint density at radius 3 is 2.65 bits per heavy atom. The Hall–Kier alpha value is -1.61. The predicted octanol–water partition coefficient (Wildman–Crippen LogP) is 3.72. The maximum Gasteiger partial charge on any atom is 0.129 e. The van der Waals surface area contributed by atoms with Gasteiger partial charge in [-0.3, -0.25) is 0 Å². The lowest BCUT2D eigenvalue weighted by Crippen LogP contribution is -2.33. The van der Waals surface area contributed by atoms with Gasteiger partial charge in [-0.2, -0.15) is 0 Å². The van der Waals surface area contributed by atoms with Gasteiger partial charge in [0.1, 0.15) is 5.82 Å². The van der Waals surface area contributed by atoms with Gasteiger partial charge < -0.3 is 11.1 Å². The molecule has 3 heteroatoms. The van der Waals surface area contributed by atoms with E-state index in [0.717, 1.165) is 29.9 Å². The van der Waals surface area contributed by atoms with Crippen molar-refractivity contribution in [3.63, 3.8) is 0 Å². The minimum absolute atomic E-state index is 0.141. The molecule has 1 heterocycles. The molecule has 0 spiro atoms. The molecule has 0 aliphatic rings. The molecule has 2 aromatic rings. The molecule has 1 aromatic heterocycles. The second-order valence-electron chi connectivity index (χ2n) is 6.75. The summed E-state index contributed by atoms with van der Waals surface area (Å²) in [7, 11) is 0. The smallest absolute Gasteiger partial charge is 0.129 e. The van der Waals surface area contributed by atoms with Crippen LogP contribution in [-0.2, 0) is 0 Å². The Bertz CT molecular complexity index is 584. The van der Waals surface area contributed by atoms with Gasteiger partial charge in [0.15, 0.2) is 0 Å². The number of rotatable bonds is 4. The quantitative estimate of drug-likeness (QED) is 0.891. The van der Waals surface area contributed by atoms with Crippen molar-refractivity contribution in [2.75, 3.05) is 11.9 Å². The first-order valence-corrected chi connectivity index (χ1v) is 7.21. The molecule has 3 N–H and O–H groups in total. The summed E-state index contributed by atoms with van der Waals surface area (Å²) in [6.07, 6.45) is 0.993. The SMILES string of the molecule is Cc1cc2ccccc2nc1NCC(N)CC(C)(C)C. The number of aryl methyl sites for hydroxylation is 1. The maximum absolute atomic E-state index is 6.18. The topological polar surface area (TPSA) is 50.9 Å². The van der Waals surface area contributed by atoms with E-state index in [9.17, 15) is 0 Å². The second-order valence-corrected chi connectivity index (χ2v) is 6.75. The first-order valence-electron chi connectivity index (χ1n) is 7.21. The fourth-order valence-corrected chi connectivity index (χ4v) is 2.49. The van der Waals surface area contributed by atoms with Crippen LogP contribution in [0.15, 0.2) is 30.3 Å². The van der Waals surface area contributed by atoms with Gasteiger partial charge in [-0.1, -0.05) is 39.0 Å². The number of anilines is 1. The molecule has 0 saturated heterocycles. The highest BCUT2D eigenvalue weighted by molar-refractivity contribution is 5.81. The average molecular weight is 271 g/mol. The lowest BCUT2D eigenvalue weighted by molar-refractivity contribution is 0.344. The number of para-hydroxylation sites is 1. The van der Waals surface area contributed by atoms with Crippen LogP contribution in [0.2, 0.25) is 0 Å². The fraction of sp³-hybridized carbons (Fsp3) is 0.471. The van der Waals surface area contributed by atoms with E-state index in [1.807, 2.05) is 18.2 Å². The van der Waals surface area contributed by atoms with Gasteiger partial charge in [0.25, 0.3) is 0 Å². The zero-order chi connectivity index (χ0) is 14.8. The van der Waals surface area contributed by atoms with Gasteiger partial charge in [-0.15, -0.1) is 0 Å². The van der Waals surface area contributed by atoms with Crippen molar-refractivity contribution in [1.82, 2.24) is 4.98 Å². The summed E-state index contributed by atoms with van der Waals surface area (Å²) < 4.78 is 0. The fourth-order valence-electron chi connectivity index (χ4n) is 2.49. The molecule has 108 valence electrons. The summed E-state index contributed by atoms with van der Waals surface area (Å²) in [4.78, 5) is 4.68. The minimum Gasteiger partial charge on any atom is -0.368 e.